The molecule has 0 bridgehead atoms. The summed E-state index contributed by atoms with van der Waals surface area (Å²) in [7, 11) is 0. The number of amides is 1. The maximum atomic E-state index is 13.5. The molecule has 0 saturated carbocycles. The summed E-state index contributed by atoms with van der Waals surface area (Å²) in [5, 5.41) is 14.6. The van der Waals surface area contributed by atoms with Crippen LogP contribution in [0.2, 0.25) is 0 Å². The number of halogens is 1. The Kier molecular flexibility index (Phi) is 5.66. The molecule has 0 saturated heterocycles. The Bertz CT molecular complexity index is 1520. The second kappa shape index (κ2) is 8.47. The van der Waals surface area contributed by atoms with E-state index in [0.29, 0.717) is 28.4 Å². The first-order chi connectivity index (χ1) is 16.9. The van der Waals surface area contributed by atoms with E-state index in [2.05, 4.69) is 5.32 Å². The summed E-state index contributed by atoms with van der Waals surface area (Å²) in [4.78, 5) is 42.7. The van der Waals surface area contributed by atoms with Gasteiger partial charge in [-0.05, 0) is 24.1 Å². The van der Waals surface area contributed by atoms with E-state index < -0.39 is 11.6 Å². The van der Waals surface area contributed by atoms with Gasteiger partial charge in [0.2, 0.25) is 12.7 Å². The Labute approximate surface area is 210 Å². The summed E-state index contributed by atoms with van der Waals surface area (Å²) < 4.78 is 17.7. The average molecular weight is 515 g/mol. The molecule has 5 heterocycles. The Morgan fingerprint density at radius 1 is 1.19 bits per heavy atom. The van der Waals surface area contributed by atoms with Gasteiger partial charge in [0.15, 0.2) is 17.1 Å². The summed E-state index contributed by atoms with van der Waals surface area (Å²) in [5.74, 6) is 0.0130. The van der Waals surface area contributed by atoms with E-state index in [1.807, 2.05) is 6.07 Å². The average Bonchev–Trinajstić information content (AvgIpc) is 3.47. The van der Waals surface area contributed by atoms with Gasteiger partial charge in [-0.3, -0.25) is 9.59 Å². The molecule has 4 N–H and O–H groups in total. The highest BCUT2D eigenvalue weighted by atomic mass is 35.5. The van der Waals surface area contributed by atoms with Crippen molar-refractivity contribution in [3.05, 3.63) is 50.8 Å². The van der Waals surface area contributed by atoms with Gasteiger partial charge >= 0.3 is 5.97 Å². The van der Waals surface area contributed by atoms with E-state index in [9.17, 15) is 19.5 Å². The number of fused-ring (bicyclic) bond motifs is 6. The molecule has 3 aromatic rings. The van der Waals surface area contributed by atoms with E-state index in [0.717, 1.165) is 16.5 Å². The Morgan fingerprint density at radius 2 is 1.94 bits per heavy atom. The molecule has 36 heavy (non-hydrogen) atoms. The molecule has 1 atom stereocenters. The fraction of sp³-hybridized carbons (Fsp3) is 0.333. The van der Waals surface area contributed by atoms with Gasteiger partial charge in [0.05, 0.1) is 35.6 Å². The van der Waals surface area contributed by atoms with E-state index in [4.69, 9.17) is 24.9 Å². The zero-order valence-corrected chi connectivity index (χ0v) is 20.1. The molecule has 1 amide bonds. The predicted molar refractivity (Wildman–Crippen MR) is 129 cm³/mol. The fourth-order valence-electron chi connectivity index (χ4n) is 5.01. The van der Waals surface area contributed by atoms with Gasteiger partial charge in [0, 0.05) is 29.1 Å². The number of cyclic esters (lactones) is 1. The number of pyridine rings is 2. The number of hydrogen-bond acceptors (Lipinski definition) is 9. The molecule has 0 radical (unpaired) electrons. The topological polar surface area (TPSA) is 155 Å². The molecule has 2 aromatic heterocycles. The van der Waals surface area contributed by atoms with Crippen LogP contribution in [-0.2, 0) is 39.6 Å². The molecule has 12 heteroatoms. The van der Waals surface area contributed by atoms with Gasteiger partial charge in [-0.1, -0.05) is 6.92 Å². The van der Waals surface area contributed by atoms with Gasteiger partial charge in [0.1, 0.15) is 6.61 Å². The van der Waals surface area contributed by atoms with Crippen molar-refractivity contribution >= 4 is 35.2 Å². The predicted octanol–water partition coefficient (Wildman–Crippen LogP) is 0.805. The number of carbonyl (C=O) groups is 2. The molecule has 0 aliphatic carbocycles. The second-order valence-electron chi connectivity index (χ2n) is 8.72. The maximum Gasteiger partial charge on any atom is 0.343 e. The lowest BCUT2D eigenvalue weighted by atomic mass is 9.86. The van der Waals surface area contributed by atoms with Crippen LogP contribution in [0.4, 0.5) is 0 Å². The number of nitrogens with one attached hydrogen (secondary N) is 1. The van der Waals surface area contributed by atoms with Crippen LogP contribution < -0.4 is 26.1 Å². The minimum Gasteiger partial charge on any atom is -0.458 e. The zero-order chi connectivity index (χ0) is 24.5. The van der Waals surface area contributed by atoms with Gasteiger partial charge in [-0.25, -0.2) is 9.78 Å². The van der Waals surface area contributed by atoms with Crippen molar-refractivity contribution in [2.45, 2.75) is 38.6 Å². The van der Waals surface area contributed by atoms with Crippen LogP contribution in [0.1, 0.15) is 35.6 Å². The second-order valence-corrected chi connectivity index (χ2v) is 8.72. The Morgan fingerprint density at radius 3 is 2.67 bits per heavy atom. The maximum absolute atomic E-state index is 13.5. The SMILES string of the molecule is CC[C@@]1(O)C(=O)OCc2c1cc1n(c2=O)Cc2c-1nc1cc3c(cc1c2CNC(=O)CN)OCO3.Cl. The van der Waals surface area contributed by atoms with Crippen molar-refractivity contribution in [1.82, 2.24) is 14.9 Å². The zero-order valence-electron chi connectivity index (χ0n) is 19.3. The number of hydrogen-bond donors (Lipinski definition) is 3. The highest BCUT2D eigenvalue weighted by Gasteiger charge is 2.45. The minimum absolute atomic E-state index is 0. The summed E-state index contributed by atoms with van der Waals surface area (Å²) in [6.45, 7) is 1.76. The van der Waals surface area contributed by atoms with Crippen LogP contribution in [0.15, 0.2) is 23.0 Å². The number of nitrogens with zero attached hydrogens (tertiary/aromatic N) is 2. The lowest BCUT2D eigenvalue weighted by molar-refractivity contribution is -0.172. The monoisotopic (exact) mass is 514 g/mol. The van der Waals surface area contributed by atoms with Crippen LogP contribution >= 0.6 is 12.4 Å². The quantitative estimate of drug-likeness (QED) is 0.335. The first kappa shape index (κ1) is 24.0. The molecule has 11 nitrogen and oxygen atoms in total. The van der Waals surface area contributed by atoms with Gasteiger partial charge in [0.25, 0.3) is 5.56 Å². The lowest BCUT2D eigenvalue weighted by Crippen LogP contribution is -2.44. The van der Waals surface area contributed by atoms with E-state index in [-0.39, 0.29) is 74.5 Å². The van der Waals surface area contributed by atoms with Crippen molar-refractivity contribution in [3.63, 3.8) is 0 Å². The molecule has 3 aliphatic heterocycles. The van der Waals surface area contributed by atoms with E-state index in [1.165, 1.54) is 0 Å². The van der Waals surface area contributed by atoms with E-state index in [1.54, 1.807) is 23.6 Å². The molecule has 3 aliphatic rings. The number of nitrogens with two attached hydrogens (primary N) is 1. The minimum atomic E-state index is -1.91. The number of ether oxygens (including phenoxy) is 3. The van der Waals surface area contributed by atoms with Gasteiger partial charge in [-0.2, -0.15) is 0 Å². The fourth-order valence-corrected chi connectivity index (χ4v) is 5.01. The largest absolute Gasteiger partial charge is 0.458 e. The molecule has 188 valence electrons. The standard InChI is InChI=1S/C24H22N4O7.ClH/c1-2-24(32)15-4-17-21-13(8-28(17)22(30)14(15)9-33-23(24)31)12(7-26-20(29)6-25)11-3-18-19(35-10-34-18)5-16(11)27-21;/h3-5,32H,2,6-10,25H2,1H3,(H,26,29);1H/t24-;/m0./s1. The van der Waals surface area contributed by atoms with Crippen molar-refractivity contribution in [3.8, 4) is 22.9 Å². The summed E-state index contributed by atoms with van der Waals surface area (Å²) in [6.07, 6.45) is 0.0551. The molecular weight excluding hydrogens is 492 g/mol. The van der Waals surface area contributed by atoms with Crippen LogP contribution in [-0.4, -0.2) is 39.9 Å². The summed E-state index contributed by atoms with van der Waals surface area (Å²) >= 11 is 0. The first-order valence-corrected chi connectivity index (χ1v) is 11.2. The number of rotatable bonds is 4. The highest BCUT2D eigenvalue weighted by molar-refractivity contribution is 5.92. The van der Waals surface area contributed by atoms with Crippen molar-refractivity contribution in [1.29, 1.82) is 0 Å². The van der Waals surface area contributed by atoms with Gasteiger partial charge in [-0.15, -0.1) is 12.4 Å². The number of benzene rings is 1. The molecule has 1 aromatic carbocycles. The molecule has 6 rings (SSSR count). The first-order valence-electron chi connectivity index (χ1n) is 11.2. The third kappa shape index (κ3) is 3.27. The van der Waals surface area contributed by atoms with Crippen LogP contribution in [0.5, 0.6) is 11.5 Å². The van der Waals surface area contributed by atoms with Crippen molar-refractivity contribution in [2.24, 2.45) is 5.73 Å². The summed E-state index contributed by atoms with van der Waals surface area (Å²) in [6, 6.07) is 5.22. The Hall–Kier alpha value is -3.67. The number of aromatic nitrogens is 2. The Balaban J connectivity index is 0.00000267. The van der Waals surface area contributed by atoms with Crippen molar-refractivity contribution < 1.29 is 28.9 Å². The molecule has 0 unspecified atom stereocenters. The number of aliphatic hydroxyl groups is 1. The lowest BCUT2D eigenvalue weighted by Gasteiger charge is -2.31. The molecule has 0 fully saturated rings. The smallest absolute Gasteiger partial charge is 0.343 e. The third-order valence-electron chi connectivity index (χ3n) is 6.95. The van der Waals surface area contributed by atoms with Crippen LogP contribution in [0, 0.1) is 0 Å². The van der Waals surface area contributed by atoms with Crippen LogP contribution in [0.25, 0.3) is 22.3 Å². The van der Waals surface area contributed by atoms with Crippen LogP contribution in [0.3, 0.4) is 0 Å². The third-order valence-corrected chi connectivity index (χ3v) is 6.95. The number of carbonyl (C=O) groups excluding carboxylic acids is 2. The number of esters is 1. The van der Waals surface area contributed by atoms with Gasteiger partial charge < -0.3 is 34.9 Å². The highest BCUT2D eigenvalue weighted by Crippen LogP contribution is 2.43. The summed E-state index contributed by atoms with van der Waals surface area (Å²) in [5.41, 5.74) is 6.82. The molecule has 0 spiro atoms. The molecular formula is C24H23ClN4O7. The normalized spacial score (nSPS) is 18.7. The van der Waals surface area contributed by atoms with Crippen molar-refractivity contribution in [2.75, 3.05) is 13.3 Å². The van der Waals surface area contributed by atoms with E-state index >= 15 is 0 Å².